The van der Waals surface area contributed by atoms with Crippen LogP contribution >= 0.6 is 35.8 Å². The Morgan fingerprint density at radius 2 is 1.82 bits per heavy atom. The number of rotatable bonds is 4. The third-order valence-corrected chi connectivity index (χ3v) is 5.39. The summed E-state index contributed by atoms with van der Waals surface area (Å²) in [5.74, 6) is 0. The maximum atomic E-state index is 6.32. The topological polar surface area (TPSA) is 21.3 Å². The minimum Gasteiger partial charge on any atom is -0.374 e. The van der Waals surface area contributed by atoms with E-state index in [1.807, 2.05) is 24.3 Å². The molecule has 2 aromatic carbocycles. The monoisotopic (exact) mass is 355 g/mol. The quantitative estimate of drug-likeness (QED) is 0.810. The molecule has 1 unspecified atom stereocenters. The molecule has 3 rings (SSSR count). The standard InChI is InChI=1S/C17H18ClNOS.ClH/c18-14-8-4-5-9-16(14)21-17(13-6-2-1-3-7-13)15-12-19-10-11-20-15;/h1-9,15,17,19H,10-12H2;1H/t15-,17?;/m1./s1. The molecule has 2 atom stereocenters. The molecule has 1 N–H and O–H groups in total. The maximum absolute atomic E-state index is 6.32. The van der Waals surface area contributed by atoms with Crippen molar-refractivity contribution >= 4 is 35.8 Å². The van der Waals surface area contributed by atoms with Crippen LogP contribution in [-0.4, -0.2) is 25.8 Å². The fraction of sp³-hybridized carbons (Fsp3) is 0.294. The first kappa shape index (κ1) is 17.6. The van der Waals surface area contributed by atoms with Crippen LogP contribution in [0.3, 0.4) is 0 Å². The van der Waals surface area contributed by atoms with E-state index in [-0.39, 0.29) is 23.8 Å². The van der Waals surface area contributed by atoms with Gasteiger partial charge in [0, 0.05) is 18.0 Å². The molecule has 0 spiro atoms. The third kappa shape index (κ3) is 4.40. The molecule has 0 saturated carbocycles. The molecule has 1 fully saturated rings. The van der Waals surface area contributed by atoms with Crippen LogP contribution in [0.1, 0.15) is 10.8 Å². The molecule has 0 aromatic heterocycles. The van der Waals surface area contributed by atoms with Crippen LogP contribution in [0.4, 0.5) is 0 Å². The average molecular weight is 356 g/mol. The van der Waals surface area contributed by atoms with Crippen LogP contribution in [0.2, 0.25) is 5.02 Å². The van der Waals surface area contributed by atoms with Crippen molar-refractivity contribution in [3.63, 3.8) is 0 Å². The van der Waals surface area contributed by atoms with Crippen molar-refractivity contribution in [1.29, 1.82) is 0 Å². The lowest BCUT2D eigenvalue weighted by Crippen LogP contribution is -2.41. The van der Waals surface area contributed by atoms with Crippen molar-refractivity contribution in [3.8, 4) is 0 Å². The van der Waals surface area contributed by atoms with Gasteiger partial charge in [-0.05, 0) is 17.7 Å². The van der Waals surface area contributed by atoms with E-state index in [4.69, 9.17) is 16.3 Å². The highest BCUT2D eigenvalue weighted by Crippen LogP contribution is 2.41. The molecule has 22 heavy (non-hydrogen) atoms. The maximum Gasteiger partial charge on any atom is 0.0862 e. The van der Waals surface area contributed by atoms with Gasteiger partial charge < -0.3 is 10.1 Å². The smallest absolute Gasteiger partial charge is 0.0862 e. The zero-order valence-electron chi connectivity index (χ0n) is 12.1. The van der Waals surface area contributed by atoms with Crippen LogP contribution in [-0.2, 0) is 4.74 Å². The van der Waals surface area contributed by atoms with Crippen molar-refractivity contribution in [2.45, 2.75) is 16.2 Å². The average Bonchev–Trinajstić information content (AvgIpc) is 2.56. The fourth-order valence-electron chi connectivity index (χ4n) is 2.46. The number of ether oxygens (including phenoxy) is 1. The second-order valence-corrected chi connectivity index (χ2v) is 6.58. The molecule has 0 aliphatic carbocycles. The van der Waals surface area contributed by atoms with Gasteiger partial charge in [0.15, 0.2) is 0 Å². The molecule has 1 saturated heterocycles. The van der Waals surface area contributed by atoms with E-state index in [0.29, 0.717) is 0 Å². The SMILES string of the molecule is Cl.Clc1ccccc1SC(c1ccccc1)[C@H]1CNCCO1. The summed E-state index contributed by atoms with van der Waals surface area (Å²) in [6, 6.07) is 18.5. The molecule has 2 nitrogen and oxygen atoms in total. The first-order valence-electron chi connectivity index (χ1n) is 7.13. The Labute approximate surface area is 147 Å². The summed E-state index contributed by atoms with van der Waals surface area (Å²) in [5.41, 5.74) is 1.27. The van der Waals surface area contributed by atoms with E-state index in [1.165, 1.54) is 5.56 Å². The molecule has 1 aliphatic heterocycles. The van der Waals surface area contributed by atoms with Crippen molar-refractivity contribution in [3.05, 3.63) is 65.2 Å². The van der Waals surface area contributed by atoms with E-state index in [2.05, 4.69) is 35.6 Å². The Balaban J connectivity index is 0.00000176. The summed E-state index contributed by atoms with van der Waals surface area (Å²) in [6.07, 6.45) is 0.155. The highest BCUT2D eigenvalue weighted by Gasteiger charge is 2.27. The summed E-state index contributed by atoms with van der Waals surface area (Å²) < 4.78 is 5.98. The lowest BCUT2D eigenvalue weighted by Gasteiger charge is -2.31. The Kier molecular flexibility index (Phi) is 7.06. The van der Waals surface area contributed by atoms with E-state index < -0.39 is 0 Å². The number of halogens is 2. The highest BCUT2D eigenvalue weighted by atomic mass is 35.5. The van der Waals surface area contributed by atoms with Gasteiger partial charge in [0.1, 0.15) is 0 Å². The van der Waals surface area contributed by atoms with Crippen LogP contribution in [0.25, 0.3) is 0 Å². The summed E-state index contributed by atoms with van der Waals surface area (Å²) in [5, 5.41) is 4.45. The summed E-state index contributed by atoms with van der Waals surface area (Å²) in [4.78, 5) is 1.10. The van der Waals surface area contributed by atoms with Crippen LogP contribution < -0.4 is 5.32 Å². The second kappa shape index (κ2) is 8.80. The summed E-state index contributed by atoms with van der Waals surface area (Å²) in [6.45, 7) is 2.56. The van der Waals surface area contributed by atoms with E-state index in [9.17, 15) is 0 Å². The number of hydrogen-bond donors (Lipinski definition) is 1. The fourth-order valence-corrected chi connectivity index (χ4v) is 3.96. The molecule has 118 valence electrons. The Morgan fingerprint density at radius 3 is 2.50 bits per heavy atom. The normalized spacial score (nSPS) is 19.2. The number of nitrogens with one attached hydrogen (secondary N) is 1. The predicted molar refractivity (Wildman–Crippen MR) is 96.3 cm³/mol. The Bertz CT molecular complexity index is 576. The minimum absolute atomic E-state index is 0. The van der Waals surface area contributed by atoms with Gasteiger partial charge in [-0.2, -0.15) is 0 Å². The molecule has 5 heteroatoms. The molecule has 1 heterocycles. The van der Waals surface area contributed by atoms with Gasteiger partial charge in [0.25, 0.3) is 0 Å². The molecule has 1 aliphatic rings. The third-order valence-electron chi connectivity index (χ3n) is 3.51. The van der Waals surface area contributed by atoms with Crippen LogP contribution in [0.5, 0.6) is 0 Å². The van der Waals surface area contributed by atoms with Crippen molar-refractivity contribution in [1.82, 2.24) is 5.32 Å². The lowest BCUT2D eigenvalue weighted by atomic mass is 10.1. The van der Waals surface area contributed by atoms with Crippen molar-refractivity contribution in [2.75, 3.05) is 19.7 Å². The van der Waals surface area contributed by atoms with Gasteiger partial charge in [0.05, 0.1) is 23.0 Å². The molecule has 2 aromatic rings. The van der Waals surface area contributed by atoms with E-state index >= 15 is 0 Å². The van der Waals surface area contributed by atoms with Crippen molar-refractivity contribution < 1.29 is 4.74 Å². The highest BCUT2D eigenvalue weighted by molar-refractivity contribution is 7.99. The summed E-state index contributed by atoms with van der Waals surface area (Å²) in [7, 11) is 0. The number of morpholine rings is 1. The Morgan fingerprint density at radius 1 is 1.09 bits per heavy atom. The molecular weight excluding hydrogens is 337 g/mol. The molecular formula is C17H19Cl2NOS. The van der Waals surface area contributed by atoms with Gasteiger partial charge in [0.2, 0.25) is 0 Å². The zero-order valence-corrected chi connectivity index (χ0v) is 14.5. The predicted octanol–water partition coefficient (Wildman–Crippen LogP) is 4.58. The number of hydrogen-bond acceptors (Lipinski definition) is 3. The largest absolute Gasteiger partial charge is 0.374 e. The first-order valence-corrected chi connectivity index (χ1v) is 8.39. The van der Waals surface area contributed by atoms with Crippen LogP contribution in [0.15, 0.2) is 59.5 Å². The van der Waals surface area contributed by atoms with Gasteiger partial charge in [-0.15, -0.1) is 24.2 Å². The van der Waals surface area contributed by atoms with E-state index in [1.54, 1.807) is 11.8 Å². The molecule has 0 amide bonds. The van der Waals surface area contributed by atoms with E-state index in [0.717, 1.165) is 29.6 Å². The summed E-state index contributed by atoms with van der Waals surface area (Å²) >= 11 is 8.10. The van der Waals surface area contributed by atoms with Gasteiger partial charge in [-0.25, -0.2) is 0 Å². The molecule has 0 bridgehead atoms. The van der Waals surface area contributed by atoms with Gasteiger partial charge in [-0.1, -0.05) is 54.1 Å². The lowest BCUT2D eigenvalue weighted by molar-refractivity contribution is 0.0273. The minimum atomic E-state index is 0. The van der Waals surface area contributed by atoms with Crippen LogP contribution in [0, 0.1) is 0 Å². The first-order chi connectivity index (χ1) is 10.3. The number of thioether (sulfide) groups is 1. The number of benzene rings is 2. The van der Waals surface area contributed by atoms with Gasteiger partial charge in [-0.3, -0.25) is 0 Å². The van der Waals surface area contributed by atoms with Gasteiger partial charge >= 0.3 is 0 Å². The second-order valence-electron chi connectivity index (χ2n) is 4.99. The molecule has 0 radical (unpaired) electrons. The Hall–Kier alpha value is -0.710. The zero-order chi connectivity index (χ0) is 14.5. The van der Waals surface area contributed by atoms with Crippen molar-refractivity contribution in [2.24, 2.45) is 0 Å².